The second-order valence-electron chi connectivity index (χ2n) is 5.33. The summed E-state index contributed by atoms with van der Waals surface area (Å²) in [7, 11) is 0. The standard InChI is InChI=1S/C14H18N6O/c1-9-6-12(17-8-16-9)20-13(15)11(7-18-20)14(21)19-10-4-2-3-5-10/h6-8,10H,2-5,15H2,1H3,(H,19,21). The summed E-state index contributed by atoms with van der Waals surface area (Å²) in [4.78, 5) is 20.4. The van der Waals surface area contributed by atoms with Crippen molar-refractivity contribution in [3.63, 3.8) is 0 Å². The summed E-state index contributed by atoms with van der Waals surface area (Å²) in [6, 6.07) is 2.02. The van der Waals surface area contributed by atoms with Crippen molar-refractivity contribution in [2.24, 2.45) is 0 Å². The largest absolute Gasteiger partial charge is 0.383 e. The molecule has 0 aliphatic heterocycles. The van der Waals surface area contributed by atoms with Gasteiger partial charge in [-0.1, -0.05) is 12.8 Å². The summed E-state index contributed by atoms with van der Waals surface area (Å²) in [6.07, 6.45) is 7.33. The van der Waals surface area contributed by atoms with Gasteiger partial charge in [0.15, 0.2) is 5.82 Å². The molecule has 1 aliphatic carbocycles. The van der Waals surface area contributed by atoms with Crippen molar-refractivity contribution in [1.82, 2.24) is 25.1 Å². The Balaban J connectivity index is 1.83. The van der Waals surface area contributed by atoms with Gasteiger partial charge in [0.2, 0.25) is 0 Å². The Morgan fingerprint density at radius 2 is 2.14 bits per heavy atom. The molecule has 0 aromatic carbocycles. The van der Waals surface area contributed by atoms with E-state index in [1.165, 1.54) is 30.0 Å². The van der Waals surface area contributed by atoms with Gasteiger partial charge in [-0.05, 0) is 19.8 Å². The Labute approximate surface area is 122 Å². The van der Waals surface area contributed by atoms with Crippen LogP contribution in [0.2, 0.25) is 0 Å². The minimum Gasteiger partial charge on any atom is -0.383 e. The minimum atomic E-state index is -0.170. The molecular weight excluding hydrogens is 268 g/mol. The number of nitrogens with one attached hydrogen (secondary N) is 1. The van der Waals surface area contributed by atoms with Gasteiger partial charge in [0.1, 0.15) is 17.7 Å². The number of anilines is 1. The zero-order valence-electron chi connectivity index (χ0n) is 11.9. The number of nitrogens with two attached hydrogens (primary N) is 1. The van der Waals surface area contributed by atoms with E-state index < -0.39 is 0 Å². The van der Waals surface area contributed by atoms with E-state index in [4.69, 9.17) is 5.73 Å². The van der Waals surface area contributed by atoms with E-state index in [2.05, 4.69) is 20.4 Å². The number of nitrogens with zero attached hydrogens (tertiary/aromatic N) is 4. The van der Waals surface area contributed by atoms with Crippen LogP contribution in [0.3, 0.4) is 0 Å². The molecule has 0 bridgehead atoms. The number of hydrogen-bond donors (Lipinski definition) is 2. The molecule has 1 aliphatic rings. The van der Waals surface area contributed by atoms with Crippen LogP contribution in [0.15, 0.2) is 18.6 Å². The van der Waals surface area contributed by atoms with Crippen LogP contribution in [0.5, 0.6) is 0 Å². The highest BCUT2D eigenvalue weighted by atomic mass is 16.1. The Kier molecular flexibility index (Phi) is 3.55. The molecule has 3 N–H and O–H groups in total. The molecule has 0 radical (unpaired) electrons. The first-order valence-corrected chi connectivity index (χ1v) is 7.08. The highest BCUT2D eigenvalue weighted by molar-refractivity contribution is 5.98. The molecule has 0 saturated heterocycles. The average molecular weight is 286 g/mol. The Morgan fingerprint density at radius 1 is 1.38 bits per heavy atom. The molecule has 2 aromatic rings. The zero-order valence-corrected chi connectivity index (χ0v) is 11.9. The summed E-state index contributed by atoms with van der Waals surface area (Å²) in [5.41, 5.74) is 7.24. The van der Waals surface area contributed by atoms with Crippen LogP contribution >= 0.6 is 0 Å². The summed E-state index contributed by atoms with van der Waals surface area (Å²) in [5.74, 6) is 0.681. The Bertz CT molecular complexity index is 659. The van der Waals surface area contributed by atoms with Gasteiger partial charge in [0.25, 0.3) is 5.91 Å². The highest BCUT2D eigenvalue weighted by Crippen LogP contribution is 2.20. The summed E-state index contributed by atoms with van der Waals surface area (Å²) in [5, 5.41) is 7.17. The number of carbonyl (C=O) groups excluding carboxylic acids is 1. The first kappa shape index (κ1) is 13.5. The van der Waals surface area contributed by atoms with E-state index in [-0.39, 0.29) is 11.9 Å². The van der Waals surface area contributed by atoms with Gasteiger partial charge in [0, 0.05) is 17.8 Å². The molecule has 2 heterocycles. The molecule has 21 heavy (non-hydrogen) atoms. The lowest BCUT2D eigenvalue weighted by Crippen LogP contribution is -2.32. The number of aryl methyl sites for hydroxylation is 1. The number of rotatable bonds is 3. The topological polar surface area (TPSA) is 98.7 Å². The van der Waals surface area contributed by atoms with Crippen LogP contribution in [-0.4, -0.2) is 31.7 Å². The van der Waals surface area contributed by atoms with E-state index in [1.54, 1.807) is 6.07 Å². The Hall–Kier alpha value is -2.44. The van der Waals surface area contributed by atoms with Gasteiger partial charge < -0.3 is 11.1 Å². The van der Waals surface area contributed by atoms with Gasteiger partial charge in [-0.15, -0.1) is 0 Å². The lowest BCUT2D eigenvalue weighted by molar-refractivity contribution is 0.0939. The monoisotopic (exact) mass is 286 g/mol. The van der Waals surface area contributed by atoms with Gasteiger partial charge in [-0.25, -0.2) is 9.97 Å². The lowest BCUT2D eigenvalue weighted by atomic mass is 10.2. The molecular formula is C14H18N6O. The molecule has 110 valence electrons. The maximum Gasteiger partial charge on any atom is 0.256 e. The van der Waals surface area contributed by atoms with Gasteiger partial charge in [-0.3, -0.25) is 4.79 Å². The smallest absolute Gasteiger partial charge is 0.256 e. The van der Waals surface area contributed by atoms with Crippen LogP contribution in [0.25, 0.3) is 5.82 Å². The van der Waals surface area contributed by atoms with Crippen LogP contribution in [0, 0.1) is 6.92 Å². The van der Waals surface area contributed by atoms with Crippen molar-refractivity contribution in [2.45, 2.75) is 38.6 Å². The van der Waals surface area contributed by atoms with E-state index in [1.807, 2.05) is 6.92 Å². The molecule has 3 rings (SSSR count). The number of carbonyl (C=O) groups is 1. The van der Waals surface area contributed by atoms with Gasteiger partial charge in [0.05, 0.1) is 6.20 Å². The van der Waals surface area contributed by atoms with Crippen molar-refractivity contribution in [1.29, 1.82) is 0 Å². The molecule has 2 aromatic heterocycles. The summed E-state index contributed by atoms with van der Waals surface area (Å²) >= 11 is 0. The highest BCUT2D eigenvalue weighted by Gasteiger charge is 2.21. The van der Waals surface area contributed by atoms with E-state index in [0.717, 1.165) is 18.5 Å². The molecule has 7 heteroatoms. The van der Waals surface area contributed by atoms with Gasteiger partial charge >= 0.3 is 0 Å². The predicted octanol–water partition coefficient (Wildman–Crippen LogP) is 1.23. The second-order valence-corrected chi connectivity index (χ2v) is 5.33. The molecule has 1 fully saturated rings. The fraction of sp³-hybridized carbons (Fsp3) is 0.429. The number of hydrogen-bond acceptors (Lipinski definition) is 5. The third-order valence-electron chi connectivity index (χ3n) is 3.75. The van der Waals surface area contributed by atoms with Crippen molar-refractivity contribution in [3.8, 4) is 5.82 Å². The predicted molar refractivity (Wildman–Crippen MR) is 78.0 cm³/mol. The molecule has 0 spiro atoms. The SMILES string of the molecule is Cc1cc(-n2ncc(C(=O)NC3CCCC3)c2N)ncn1. The zero-order chi connectivity index (χ0) is 14.8. The fourth-order valence-corrected chi connectivity index (χ4v) is 2.60. The fourth-order valence-electron chi connectivity index (χ4n) is 2.60. The van der Waals surface area contributed by atoms with E-state index in [9.17, 15) is 4.79 Å². The number of amides is 1. The first-order chi connectivity index (χ1) is 10.1. The summed E-state index contributed by atoms with van der Waals surface area (Å²) < 4.78 is 1.46. The molecule has 7 nitrogen and oxygen atoms in total. The van der Waals surface area contributed by atoms with Gasteiger partial charge in [-0.2, -0.15) is 9.78 Å². The van der Waals surface area contributed by atoms with Crippen LogP contribution in [0.4, 0.5) is 5.82 Å². The quantitative estimate of drug-likeness (QED) is 0.884. The van der Waals surface area contributed by atoms with E-state index in [0.29, 0.717) is 17.2 Å². The lowest BCUT2D eigenvalue weighted by Gasteiger charge is -2.11. The first-order valence-electron chi connectivity index (χ1n) is 7.08. The molecule has 0 unspecified atom stereocenters. The van der Waals surface area contributed by atoms with Crippen LogP contribution < -0.4 is 11.1 Å². The third kappa shape index (κ3) is 2.72. The van der Waals surface area contributed by atoms with Crippen molar-refractivity contribution >= 4 is 11.7 Å². The number of nitrogen functional groups attached to an aromatic ring is 1. The van der Waals surface area contributed by atoms with E-state index >= 15 is 0 Å². The molecule has 0 atom stereocenters. The van der Waals surface area contributed by atoms with Crippen molar-refractivity contribution < 1.29 is 4.79 Å². The van der Waals surface area contributed by atoms with Crippen LogP contribution in [-0.2, 0) is 0 Å². The Morgan fingerprint density at radius 3 is 2.86 bits per heavy atom. The van der Waals surface area contributed by atoms with Crippen molar-refractivity contribution in [2.75, 3.05) is 5.73 Å². The maximum atomic E-state index is 12.3. The maximum absolute atomic E-state index is 12.3. The second kappa shape index (κ2) is 5.51. The minimum absolute atomic E-state index is 0.170. The normalized spacial score (nSPS) is 15.3. The molecule has 1 amide bonds. The summed E-state index contributed by atoms with van der Waals surface area (Å²) in [6.45, 7) is 1.86. The third-order valence-corrected chi connectivity index (χ3v) is 3.75. The average Bonchev–Trinajstić information content (AvgIpc) is 3.08. The van der Waals surface area contributed by atoms with Crippen LogP contribution in [0.1, 0.15) is 41.7 Å². The van der Waals surface area contributed by atoms with Crippen molar-refractivity contribution in [3.05, 3.63) is 29.8 Å². The molecule has 1 saturated carbocycles. The number of aromatic nitrogens is 4.